The maximum Gasteiger partial charge on any atom is 0.219 e. The molecule has 0 bridgehead atoms. The molecule has 2 aliphatic heterocycles. The molecule has 112 valence electrons. The van der Waals surface area contributed by atoms with E-state index in [1.54, 1.807) is 6.92 Å². The molecule has 0 saturated heterocycles. The van der Waals surface area contributed by atoms with E-state index in [0.29, 0.717) is 0 Å². The Morgan fingerprint density at radius 1 is 1.18 bits per heavy atom. The van der Waals surface area contributed by atoms with E-state index in [4.69, 9.17) is 0 Å². The zero-order valence-corrected chi connectivity index (χ0v) is 13.6. The summed E-state index contributed by atoms with van der Waals surface area (Å²) in [6, 6.07) is 15.2. The lowest BCUT2D eigenvalue weighted by molar-refractivity contribution is -0.129. The lowest BCUT2D eigenvalue weighted by Gasteiger charge is -2.42. The summed E-state index contributed by atoms with van der Waals surface area (Å²) in [5.41, 5.74) is 3.84. The van der Waals surface area contributed by atoms with Crippen LogP contribution < -0.4 is 4.90 Å². The first-order chi connectivity index (χ1) is 10.7. The lowest BCUT2D eigenvalue weighted by atomic mass is 9.94. The van der Waals surface area contributed by atoms with Gasteiger partial charge in [-0.2, -0.15) is 0 Å². The van der Waals surface area contributed by atoms with Crippen LogP contribution in [0.15, 0.2) is 52.3 Å². The molecule has 0 aromatic heterocycles. The van der Waals surface area contributed by atoms with Gasteiger partial charge in [0.2, 0.25) is 5.91 Å². The van der Waals surface area contributed by atoms with Crippen molar-refractivity contribution in [2.24, 2.45) is 0 Å². The van der Waals surface area contributed by atoms with Crippen molar-refractivity contribution in [3.8, 4) is 0 Å². The molecule has 0 radical (unpaired) electrons. The third-order valence-corrected chi connectivity index (χ3v) is 5.74. The zero-order valence-electron chi connectivity index (χ0n) is 12.7. The maximum atomic E-state index is 11.8. The average Bonchev–Trinajstić information content (AvgIpc) is 2.54. The number of hydrogen-bond donors (Lipinski definition) is 0. The van der Waals surface area contributed by atoms with Crippen LogP contribution >= 0.6 is 11.8 Å². The first-order valence-corrected chi connectivity index (χ1v) is 8.39. The number of para-hydroxylation sites is 2. The fourth-order valence-electron chi connectivity index (χ4n) is 3.45. The number of rotatable bonds is 1. The average molecular weight is 310 g/mol. The van der Waals surface area contributed by atoms with Gasteiger partial charge in [0.25, 0.3) is 0 Å². The van der Waals surface area contributed by atoms with Crippen LogP contribution in [-0.4, -0.2) is 24.4 Å². The molecular weight excluding hydrogens is 292 g/mol. The second-order valence-corrected chi connectivity index (χ2v) is 6.93. The topological polar surface area (TPSA) is 23.6 Å². The van der Waals surface area contributed by atoms with Crippen molar-refractivity contribution in [1.82, 2.24) is 4.90 Å². The van der Waals surface area contributed by atoms with Gasteiger partial charge in [-0.1, -0.05) is 36.0 Å². The predicted octanol–water partition coefficient (Wildman–Crippen LogP) is 4.21. The van der Waals surface area contributed by atoms with E-state index in [1.165, 1.54) is 26.7 Å². The number of carbonyl (C=O) groups excluding carboxylic acids is 1. The second kappa shape index (κ2) is 5.06. The van der Waals surface area contributed by atoms with Gasteiger partial charge in [0.15, 0.2) is 0 Å². The maximum absolute atomic E-state index is 11.8. The number of carbonyl (C=O) groups is 1. The summed E-state index contributed by atoms with van der Waals surface area (Å²) in [4.78, 5) is 18.7. The van der Waals surface area contributed by atoms with Crippen molar-refractivity contribution in [3.05, 3.63) is 48.0 Å². The van der Waals surface area contributed by atoms with Crippen molar-refractivity contribution in [2.75, 3.05) is 18.5 Å². The van der Waals surface area contributed by atoms with Crippen LogP contribution in [0.5, 0.6) is 0 Å². The SMILES string of the molecule is CC(=O)N(C)[C@@H]1CCN2c3ccccc3Sc3cccc1c32. The number of fused-ring (bicyclic) bond motifs is 2. The van der Waals surface area contributed by atoms with Gasteiger partial charge in [-0.05, 0) is 30.2 Å². The quantitative estimate of drug-likeness (QED) is 0.788. The Morgan fingerprint density at radius 3 is 2.77 bits per heavy atom. The van der Waals surface area contributed by atoms with Crippen LogP contribution in [0, 0.1) is 0 Å². The van der Waals surface area contributed by atoms with E-state index in [9.17, 15) is 4.79 Å². The van der Waals surface area contributed by atoms with Crippen LogP contribution in [0.2, 0.25) is 0 Å². The van der Waals surface area contributed by atoms with Crippen LogP contribution in [0.25, 0.3) is 0 Å². The largest absolute Gasteiger partial charge is 0.339 e. The molecule has 3 nitrogen and oxygen atoms in total. The number of amides is 1. The van der Waals surface area contributed by atoms with E-state index >= 15 is 0 Å². The number of anilines is 2. The molecule has 2 aromatic carbocycles. The summed E-state index contributed by atoms with van der Waals surface area (Å²) in [5, 5.41) is 0. The molecule has 0 fully saturated rings. The van der Waals surface area contributed by atoms with Crippen molar-refractivity contribution < 1.29 is 4.79 Å². The molecule has 0 aliphatic carbocycles. The van der Waals surface area contributed by atoms with E-state index < -0.39 is 0 Å². The second-order valence-electron chi connectivity index (χ2n) is 5.85. The molecule has 0 spiro atoms. The molecule has 0 unspecified atom stereocenters. The molecule has 4 heteroatoms. The third-order valence-electron chi connectivity index (χ3n) is 4.63. The van der Waals surface area contributed by atoms with Crippen LogP contribution in [-0.2, 0) is 4.79 Å². The van der Waals surface area contributed by atoms with E-state index in [-0.39, 0.29) is 11.9 Å². The van der Waals surface area contributed by atoms with E-state index in [1.807, 2.05) is 23.7 Å². The van der Waals surface area contributed by atoms with Crippen LogP contribution in [0.3, 0.4) is 0 Å². The van der Waals surface area contributed by atoms with Gasteiger partial charge in [-0.25, -0.2) is 0 Å². The molecular formula is C18H18N2OS. The predicted molar refractivity (Wildman–Crippen MR) is 89.8 cm³/mol. The molecule has 0 saturated carbocycles. The highest BCUT2D eigenvalue weighted by atomic mass is 32.2. The minimum Gasteiger partial charge on any atom is -0.339 e. The molecule has 2 aliphatic rings. The normalized spacial score (nSPS) is 18.5. The van der Waals surface area contributed by atoms with Crippen LogP contribution in [0.4, 0.5) is 11.4 Å². The van der Waals surface area contributed by atoms with Crippen molar-refractivity contribution in [1.29, 1.82) is 0 Å². The molecule has 0 N–H and O–H groups in total. The third kappa shape index (κ3) is 1.94. The molecule has 2 heterocycles. The zero-order chi connectivity index (χ0) is 15.3. The van der Waals surface area contributed by atoms with Gasteiger partial charge in [0.05, 0.1) is 17.4 Å². The lowest BCUT2D eigenvalue weighted by Crippen LogP contribution is -2.37. The number of hydrogen-bond acceptors (Lipinski definition) is 3. The fourth-order valence-corrected chi connectivity index (χ4v) is 4.58. The highest BCUT2D eigenvalue weighted by molar-refractivity contribution is 7.99. The van der Waals surface area contributed by atoms with Crippen molar-refractivity contribution in [2.45, 2.75) is 29.2 Å². The van der Waals surface area contributed by atoms with Gasteiger partial charge in [0.1, 0.15) is 0 Å². The molecule has 1 amide bonds. The van der Waals surface area contributed by atoms with Crippen LogP contribution in [0.1, 0.15) is 24.9 Å². The Hall–Kier alpha value is -1.94. The van der Waals surface area contributed by atoms with Crippen molar-refractivity contribution in [3.63, 3.8) is 0 Å². The minimum absolute atomic E-state index is 0.125. The van der Waals surface area contributed by atoms with Gasteiger partial charge in [-0.15, -0.1) is 0 Å². The minimum atomic E-state index is 0.125. The highest BCUT2D eigenvalue weighted by Gasteiger charge is 2.34. The summed E-state index contributed by atoms with van der Waals surface area (Å²) < 4.78 is 0. The number of nitrogens with zero attached hydrogens (tertiary/aromatic N) is 2. The number of benzene rings is 2. The Bertz CT molecular complexity index is 759. The first kappa shape index (κ1) is 13.7. The van der Waals surface area contributed by atoms with E-state index in [0.717, 1.165) is 13.0 Å². The Kier molecular flexibility index (Phi) is 3.15. The summed E-state index contributed by atoms with van der Waals surface area (Å²) in [6.45, 7) is 2.59. The summed E-state index contributed by atoms with van der Waals surface area (Å²) in [6.07, 6.45) is 0.964. The van der Waals surface area contributed by atoms with Gasteiger partial charge in [-0.3, -0.25) is 4.79 Å². The highest BCUT2D eigenvalue weighted by Crippen LogP contribution is 2.53. The van der Waals surface area contributed by atoms with Crippen molar-refractivity contribution >= 4 is 29.0 Å². The van der Waals surface area contributed by atoms with E-state index in [2.05, 4.69) is 47.4 Å². The van der Waals surface area contributed by atoms with Gasteiger partial charge >= 0.3 is 0 Å². The molecule has 2 aromatic rings. The first-order valence-electron chi connectivity index (χ1n) is 7.57. The molecule has 1 atom stereocenters. The molecule has 22 heavy (non-hydrogen) atoms. The Balaban J connectivity index is 1.86. The summed E-state index contributed by atoms with van der Waals surface area (Å²) in [5.74, 6) is 0.125. The monoisotopic (exact) mass is 310 g/mol. The molecule has 4 rings (SSSR count). The summed E-state index contributed by atoms with van der Waals surface area (Å²) >= 11 is 1.83. The fraction of sp³-hybridized carbons (Fsp3) is 0.278. The van der Waals surface area contributed by atoms with Gasteiger partial charge in [0, 0.05) is 30.3 Å². The smallest absolute Gasteiger partial charge is 0.219 e. The standard InChI is InChI=1S/C18H18N2OS/c1-12(21)19(2)14-10-11-20-15-7-3-4-8-16(15)22-17-9-5-6-13(14)18(17)20/h3-9,14H,10-11H2,1-2H3/t14-/m1/s1. The Labute approximate surface area is 134 Å². The van der Waals surface area contributed by atoms with Gasteiger partial charge < -0.3 is 9.80 Å². The summed E-state index contributed by atoms with van der Waals surface area (Å²) in [7, 11) is 1.91. The Morgan fingerprint density at radius 2 is 1.95 bits per heavy atom.